The molecule has 3 heterocycles. The van der Waals surface area contributed by atoms with Crippen LogP contribution in [0.25, 0.3) is 11.4 Å². The number of aromatic nitrogens is 3. The third kappa shape index (κ3) is 3.75. The number of aromatic amines is 1. The van der Waals surface area contributed by atoms with E-state index < -0.39 is 0 Å². The number of fused-ring (bicyclic) bond motifs is 1. The Bertz CT molecular complexity index is 985. The summed E-state index contributed by atoms with van der Waals surface area (Å²) in [6, 6.07) is 11.8. The minimum absolute atomic E-state index is 0.0606. The molecular formula is C21H22N4O2. The van der Waals surface area contributed by atoms with Crippen LogP contribution in [0.4, 0.5) is 0 Å². The second kappa shape index (κ2) is 7.72. The normalized spacial score (nSPS) is 14.0. The smallest absolute Gasteiger partial charge is 0.255 e. The van der Waals surface area contributed by atoms with Crippen molar-refractivity contribution in [1.29, 1.82) is 0 Å². The fourth-order valence-corrected chi connectivity index (χ4v) is 3.43. The molecule has 0 saturated heterocycles. The Morgan fingerprint density at radius 2 is 2.00 bits per heavy atom. The predicted octanol–water partition coefficient (Wildman–Crippen LogP) is 2.79. The van der Waals surface area contributed by atoms with Crippen molar-refractivity contribution in [2.24, 2.45) is 0 Å². The Kier molecular flexibility index (Phi) is 4.98. The van der Waals surface area contributed by atoms with Crippen molar-refractivity contribution in [3.05, 3.63) is 76.0 Å². The highest BCUT2D eigenvalue weighted by Crippen LogP contribution is 2.23. The van der Waals surface area contributed by atoms with Crippen LogP contribution in [-0.2, 0) is 19.5 Å². The van der Waals surface area contributed by atoms with E-state index >= 15 is 0 Å². The molecular weight excluding hydrogens is 340 g/mol. The molecule has 1 aromatic carbocycles. The Balaban J connectivity index is 1.57. The highest BCUT2D eigenvalue weighted by atomic mass is 16.5. The number of rotatable bonds is 5. The molecule has 4 rings (SSSR count). The minimum atomic E-state index is -0.0606. The van der Waals surface area contributed by atoms with E-state index in [0.717, 1.165) is 47.6 Å². The fraction of sp³-hybridized carbons (Fsp3) is 0.286. The largest absolute Gasteiger partial charge is 0.494 e. The summed E-state index contributed by atoms with van der Waals surface area (Å²) in [5.41, 5.74) is 3.60. The maximum Gasteiger partial charge on any atom is 0.255 e. The molecule has 0 bridgehead atoms. The van der Waals surface area contributed by atoms with Crippen LogP contribution in [0.3, 0.4) is 0 Å². The lowest BCUT2D eigenvalue weighted by Crippen LogP contribution is -2.35. The van der Waals surface area contributed by atoms with E-state index in [1.807, 2.05) is 37.3 Å². The predicted molar refractivity (Wildman–Crippen MR) is 104 cm³/mol. The summed E-state index contributed by atoms with van der Waals surface area (Å²) in [6.45, 7) is 4.83. The number of hydrogen-bond acceptors (Lipinski definition) is 5. The Morgan fingerprint density at radius 3 is 2.81 bits per heavy atom. The average Bonchev–Trinajstić information content (AvgIpc) is 2.71. The van der Waals surface area contributed by atoms with Crippen LogP contribution in [0, 0.1) is 0 Å². The van der Waals surface area contributed by atoms with E-state index in [1.165, 1.54) is 0 Å². The van der Waals surface area contributed by atoms with Crippen molar-refractivity contribution in [3.63, 3.8) is 0 Å². The number of para-hydroxylation sites is 1. The zero-order valence-electron chi connectivity index (χ0n) is 15.3. The molecule has 0 spiro atoms. The molecule has 138 valence electrons. The lowest BCUT2D eigenvalue weighted by atomic mass is 10.1. The van der Waals surface area contributed by atoms with Crippen LogP contribution in [0.15, 0.2) is 53.6 Å². The van der Waals surface area contributed by atoms with E-state index in [1.54, 1.807) is 12.4 Å². The molecule has 6 nitrogen and oxygen atoms in total. The van der Waals surface area contributed by atoms with Gasteiger partial charge >= 0.3 is 0 Å². The second-order valence-electron chi connectivity index (χ2n) is 6.58. The zero-order valence-corrected chi connectivity index (χ0v) is 15.3. The summed E-state index contributed by atoms with van der Waals surface area (Å²) in [6.07, 6.45) is 4.16. The van der Waals surface area contributed by atoms with Gasteiger partial charge in [-0.2, -0.15) is 0 Å². The van der Waals surface area contributed by atoms with Crippen molar-refractivity contribution in [3.8, 4) is 17.1 Å². The summed E-state index contributed by atoms with van der Waals surface area (Å²) in [5, 5.41) is 0. The van der Waals surface area contributed by atoms with Gasteiger partial charge in [-0.05, 0) is 25.1 Å². The topological polar surface area (TPSA) is 71.1 Å². The van der Waals surface area contributed by atoms with Crippen LogP contribution >= 0.6 is 0 Å². The van der Waals surface area contributed by atoms with Crippen molar-refractivity contribution < 1.29 is 4.74 Å². The van der Waals surface area contributed by atoms with Gasteiger partial charge in [-0.25, -0.2) is 4.98 Å². The van der Waals surface area contributed by atoms with Gasteiger partial charge in [-0.3, -0.25) is 14.7 Å². The maximum absolute atomic E-state index is 12.7. The number of nitrogens with one attached hydrogen (secondary N) is 1. The third-order valence-electron chi connectivity index (χ3n) is 4.77. The van der Waals surface area contributed by atoms with E-state index in [0.29, 0.717) is 19.0 Å². The lowest BCUT2D eigenvalue weighted by Gasteiger charge is -2.28. The zero-order chi connectivity index (χ0) is 18.6. The monoisotopic (exact) mass is 362 g/mol. The number of H-pyrrole nitrogens is 1. The van der Waals surface area contributed by atoms with Crippen molar-refractivity contribution in [1.82, 2.24) is 19.9 Å². The van der Waals surface area contributed by atoms with Gasteiger partial charge in [-0.15, -0.1) is 0 Å². The molecule has 0 aliphatic carbocycles. The summed E-state index contributed by atoms with van der Waals surface area (Å²) in [5.74, 6) is 1.52. The molecule has 0 atom stereocenters. The number of pyridine rings is 1. The molecule has 1 N–H and O–H groups in total. The summed E-state index contributed by atoms with van der Waals surface area (Å²) in [7, 11) is 0. The van der Waals surface area contributed by atoms with Crippen LogP contribution in [-0.4, -0.2) is 33.0 Å². The van der Waals surface area contributed by atoms with Gasteiger partial charge in [0.15, 0.2) is 0 Å². The Morgan fingerprint density at radius 1 is 1.19 bits per heavy atom. The van der Waals surface area contributed by atoms with E-state index in [-0.39, 0.29) is 5.56 Å². The first-order chi connectivity index (χ1) is 13.2. The van der Waals surface area contributed by atoms with Gasteiger partial charge in [0.1, 0.15) is 11.6 Å². The third-order valence-corrected chi connectivity index (χ3v) is 4.77. The quantitative estimate of drug-likeness (QED) is 0.756. The highest BCUT2D eigenvalue weighted by molar-refractivity contribution is 5.54. The number of nitrogens with zero attached hydrogens (tertiary/aromatic N) is 3. The van der Waals surface area contributed by atoms with Crippen molar-refractivity contribution in [2.75, 3.05) is 13.2 Å². The van der Waals surface area contributed by atoms with Gasteiger partial charge in [0.25, 0.3) is 5.56 Å². The molecule has 1 aliphatic heterocycles. The SMILES string of the molecule is CCOc1ccccc1CN1CCc2nc(-c3ccncc3)[nH]c(=O)c2C1. The first-order valence-electron chi connectivity index (χ1n) is 9.20. The Labute approximate surface area is 157 Å². The number of ether oxygens (including phenoxy) is 1. The first-order valence-corrected chi connectivity index (χ1v) is 9.20. The van der Waals surface area contributed by atoms with Crippen LogP contribution < -0.4 is 10.3 Å². The minimum Gasteiger partial charge on any atom is -0.494 e. The lowest BCUT2D eigenvalue weighted by molar-refractivity contribution is 0.236. The molecule has 3 aromatic rings. The van der Waals surface area contributed by atoms with Crippen LogP contribution in [0.2, 0.25) is 0 Å². The Hall–Kier alpha value is -2.99. The molecule has 0 radical (unpaired) electrons. The van der Waals surface area contributed by atoms with Crippen molar-refractivity contribution >= 4 is 0 Å². The maximum atomic E-state index is 12.7. The van der Waals surface area contributed by atoms with Gasteiger partial charge < -0.3 is 9.72 Å². The van der Waals surface area contributed by atoms with E-state index in [9.17, 15) is 4.79 Å². The number of hydrogen-bond donors (Lipinski definition) is 1. The highest BCUT2D eigenvalue weighted by Gasteiger charge is 2.22. The molecule has 6 heteroatoms. The van der Waals surface area contributed by atoms with Gasteiger partial charge in [0.2, 0.25) is 0 Å². The molecule has 27 heavy (non-hydrogen) atoms. The van der Waals surface area contributed by atoms with Crippen LogP contribution in [0.5, 0.6) is 5.75 Å². The van der Waals surface area contributed by atoms with E-state index in [4.69, 9.17) is 9.72 Å². The fourth-order valence-electron chi connectivity index (χ4n) is 3.43. The van der Waals surface area contributed by atoms with Gasteiger partial charge in [0.05, 0.1) is 17.9 Å². The standard InChI is InChI=1S/C21H22N4O2/c1-2-27-19-6-4-3-5-16(19)13-25-12-9-18-17(14-25)21(26)24-20(23-18)15-7-10-22-11-8-15/h3-8,10-11H,2,9,12-14H2,1H3,(H,23,24,26). The molecule has 2 aromatic heterocycles. The second-order valence-corrected chi connectivity index (χ2v) is 6.58. The molecule has 0 fully saturated rings. The number of benzene rings is 1. The van der Waals surface area contributed by atoms with E-state index in [2.05, 4.69) is 20.9 Å². The summed E-state index contributed by atoms with van der Waals surface area (Å²) in [4.78, 5) is 26.6. The summed E-state index contributed by atoms with van der Waals surface area (Å²) >= 11 is 0. The van der Waals surface area contributed by atoms with Gasteiger partial charge in [0, 0.05) is 49.6 Å². The molecule has 0 amide bonds. The molecule has 1 aliphatic rings. The van der Waals surface area contributed by atoms with Crippen LogP contribution in [0.1, 0.15) is 23.7 Å². The van der Waals surface area contributed by atoms with Crippen molar-refractivity contribution in [2.45, 2.75) is 26.4 Å². The molecule has 0 saturated carbocycles. The average molecular weight is 362 g/mol. The first kappa shape index (κ1) is 17.4. The summed E-state index contributed by atoms with van der Waals surface area (Å²) < 4.78 is 5.72. The van der Waals surface area contributed by atoms with Gasteiger partial charge in [-0.1, -0.05) is 18.2 Å². The molecule has 0 unspecified atom stereocenters.